The van der Waals surface area contributed by atoms with Gasteiger partial charge >= 0.3 is 380 Å². The van der Waals surface area contributed by atoms with Gasteiger partial charge in [0, 0.05) is 0 Å². The Morgan fingerprint density at radius 1 is 0.367 bits per heavy atom. The zero-order chi connectivity index (χ0) is 42.0. The molecule has 0 fully saturated rings. The van der Waals surface area contributed by atoms with Gasteiger partial charge in [-0.1, -0.05) is 27.7 Å². The molecule has 60 heavy (non-hydrogen) atoms. The molecule has 0 saturated carbocycles. The minimum atomic E-state index is -0.0718. The number of unbranched alkanes of at least 4 members (excludes halogenated alkanes) is 20. The molecule has 2 aliphatic carbocycles. The number of aromatic nitrogens is 4. The summed E-state index contributed by atoms with van der Waals surface area (Å²) in [5, 5.41) is 0. The standard InChI is InChI=1S/C52H72I2N4Se2/c1-5-9-13-17-21-25-29-51(30-26-22-18-14-10-6-2)39-33-38-40(34-37(39)45-41(51)35-43(53)47-49(45)57-59-55-47)52(31-27-23-19-15-11-7-3,32-28-24-20-16-12-8-4)42-36-44(54)48-50(46(38)42)58-60-56-48/h33-36H,5-32H2,1-4H3. The molecule has 0 unspecified atom stereocenters. The number of hydrogen-bond donors (Lipinski definition) is 0. The molecule has 0 saturated heterocycles. The number of nitrogens with zero attached hydrogens (tertiary/aromatic N) is 4. The average molecular weight is 1160 g/mol. The van der Waals surface area contributed by atoms with Crippen LogP contribution < -0.4 is 0 Å². The second-order valence-electron chi connectivity index (χ2n) is 18.7. The molecular weight excluding hydrogens is 1090 g/mol. The first-order valence-electron chi connectivity index (χ1n) is 24.6. The Kier molecular flexibility index (Phi) is 18.1. The molecule has 7 rings (SSSR count). The molecule has 5 aromatic rings. The molecule has 2 aliphatic rings. The molecule has 0 bridgehead atoms. The van der Waals surface area contributed by atoms with Crippen molar-refractivity contribution in [1.29, 1.82) is 0 Å². The normalized spacial score (nSPS) is 14.6. The van der Waals surface area contributed by atoms with E-state index in [2.05, 4.69) is 97.1 Å². The van der Waals surface area contributed by atoms with Gasteiger partial charge in [-0.3, -0.25) is 0 Å². The molecule has 8 heteroatoms. The monoisotopic (exact) mass is 1170 g/mol. The first-order chi connectivity index (χ1) is 29.5. The maximum absolute atomic E-state index is 5.32. The van der Waals surface area contributed by atoms with E-state index < -0.39 is 0 Å². The van der Waals surface area contributed by atoms with E-state index >= 15 is 0 Å². The van der Waals surface area contributed by atoms with Crippen LogP contribution in [-0.2, 0) is 10.8 Å². The maximum atomic E-state index is 5.32. The van der Waals surface area contributed by atoms with Gasteiger partial charge in [-0.15, -0.1) is 0 Å². The number of hydrogen-bond acceptors (Lipinski definition) is 4. The second-order valence-corrected chi connectivity index (χ2v) is 23.2. The summed E-state index contributed by atoms with van der Waals surface area (Å²) in [5.41, 5.74) is 17.0. The van der Waals surface area contributed by atoms with Crippen molar-refractivity contribution >= 4 is 97.2 Å². The molecule has 0 amide bonds. The fourth-order valence-corrected chi connectivity index (χ4v) is 15.8. The van der Waals surface area contributed by atoms with Crippen molar-refractivity contribution < 1.29 is 0 Å². The van der Waals surface area contributed by atoms with Gasteiger partial charge in [-0.25, -0.2) is 0 Å². The van der Waals surface area contributed by atoms with Crippen LogP contribution in [0.5, 0.6) is 0 Å². The second kappa shape index (κ2) is 23.0. The molecule has 2 aromatic heterocycles. The summed E-state index contributed by atoms with van der Waals surface area (Å²) in [6, 6.07) is 10.8. The van der Waals surface area contributed by atoms with Crippen molar-refractivity contribution in [2.45, 2.75) is 218 Å². The third-order valence-corrected chi connectivity index (χ3v) is 18.4. The van der Waals surface area contributed by atoms with Crippen LogP contribution in [0.1, 0.15) is 230 Å². The Bertz CT molecular complexity index is 1970. The van der Waals surface area contributed by atoms with E-state index in [-0.39, 0.29) is 40.8 Å². The van der Waals surface area contributed by atoms with Crippen LogP contribution in [0.3, 0.4) is 0 Å². The number of halogens is 2. The Morgan fingerprint density at radius 3 is 0.967 bits per heavy atom. The van der Waals surface area contributed by atoms with Crippen LogP contribution in [-0.4, -0.2) is 45.8 Å². The summed E-state index contributed by atoms with van der Waals surface area (Å²) in [5.74, 6) is 0. The van der Waals surface area contributed by atoms with Crippen molar-refractivity contribution in [3.8, 4) is 22.3 Å². The predicted octanol–water partition coefficient (Wildman–Crippen LogP) is 16.4. The quantitative estimate of drug-likeness (QED) is 0.0284. The van der Waals surface area contributed by atoms with Crippen LogP contribution in [0.25, 0.3) is 44.3 Å². The summed E-state index contributed by atoms with van der Waals surface area (Å²) in [6.45, 7) is 9.36. The number of fused-ring (bicyclic) bond motifs is 10. The van der Waals surface area contributed by atoms with E-state index in [0.29, 0.717) is 0 Å². The predicted molar refractivity (Wildman–Crippen MR) is 276 cm³/mol. The Hall–Kier alpha value is -0.641. The molecular formula is C52H72I2N4Se2. The van der Waals surface area contributed by atoms with Gasteiger partial charge in [-0.2, -0.15) is 0 Å². The summed E-state index contributed by atoms with van der Waals surface area (Å²) >= 11 is 5.07. The number of rotatable bonds is 28. The Morgan fingerprint density at radius 2 is 0.650 bits per heavy atom. The van der Waals surface area contributed by atoms with E-state index in [4.69, 9.17) is 15.9 Å². The summed E-state index contributed by atoms with van der Waals surface area (Å²) < 4.78 is 23.4. The van der Waals surface area contributed by atoms with Crippen molar-refractivity contribution in [3.63, 3.8) is 0 Å². The third kappa shape index (κ3) is 9.94. The fourth-order valence-electron chi connectivity index (χ4n) is 11.4. The molecule has 2 heterocycles. The van der Waals surface area contributed by atoms with Gasteiger partial charge < -0.3 is 0 Å². The molecule has 4 nitrogen and oxygen atoms in total. The number of benzene rings is 3. The summed E-state index contributed by atoms with van der Waals surface area (Å²) in [4.78, 5) is 0. The minimum absolute atomic E-state index is 0.00291. The van der Waals surface area contributed by atoms with Gasteiger partial charge in [0.1, 0.15) is 0 Å². The van der Waals surface area contributed by atoms with Crippen LogP contribution in [0.15, 0.2) is 24.3 Å². The molecule has 0 radical (unpaired) electrons. The zero-order valence-electron chi connectivity index (χ0n) is 37.5. The molecule has 0 spiro atoms. The van der Waals surface area contributed by atoms with E-state index in [1.165, 1.54) is 231 Å². The van der Waals surface area contributed by atoms with Crippen LogP contribution >= 0.6 is 45.2 Å². The van der Waals surface area contributed by atoms with Gasteiger partial charge in [0.25, 0.3) is 0 Å². The van der Waals surface area contributed by atoms with Gasteiger partial charge in [0.2, 0.25) is 0 Å². The van der Waals surface area contributed by atoms with Crippen molar-refractivity contribution in [1.82, 2.24) is 15.9 Å². The van der Waals surface area contributed by atoms with Gasteiger partial charge in [0.05, 0.1) is 0 Å². The molecule has 0 aliphatic heterocycles. The van der Waals surface area contributed by atoms with Crippen molar-refractivity contribution in [2.24, 2.45) is 0 Å². The molecule has 3 aromatic carbocycles. The third-order valence-electron chi connectivity index (χ3n) is 14.6. The van der Waals surface area contributed by atoms with Gasteiger partial charge in [0.15, 0.2) is 0 Å². The van der Waals surface area contributed by atoms with Crippen LogP contribution in [0, 0.1) is 7.14 Å². The SMILES string of the molecule is CCCCCCCCC1(CCCCCCCC)c2cc3c(cc2-c2c1cc(I)c1n[se]nc21)C(CCCCCCCC)(CCCCCCCC)c1cc(I)c2n[se]nc2c1-3. The first kappa shape index (κ1) is 47.3. The molecule has 326 valence electrons. The van der Waals surface area contributed by atoms with Crippen molar-refractivity contribution in [3.05, 3.63) is 53.7 Å². The first-order valence-corrected chi connectivity index (χ1v) is 29.8. The van der Waals surface area contributed by atoms with E-state index in [1.807, 2.05) is 0 Å². The Labute approximate surface area is 403 Å². The van der Waals surface area contributed by atoms with Crippen molar-refractivity contribution in [2.75, 3.05) is 0 Å². The zero-order valence-corrected chi connectivity index (χ0v) is 45.2. The Balaban J connectivity index is 1.41. The van der Waals surface area contributed by atoms with Gasteiger partial charge in [-0.05, 0) is 0 Å². The van der Waals surface area contributed by atoms with E-state index in [1.54, 1.807) is 22.3 Å². The van der Waals surface area contributed by atoms with E-state index in [9.17, 15) is 0 Å². The summed E-state index contributed by atoms with van der Waals surface area (Å²) in [7, 11) is 0. The molecule has 0 atom stereocenters. The van der Waals surface area contributed by atoms with E-state index in [0.717, 1.165) is 0 Å². The fraction of sp³-hybridized carbons (Fsp3) is 0.654. The summed E-state index contributed by atoms with van der Waals surface area (Å²) in [6.07, 6.45) is 36.9. The molecule has 0 N–H and O–H groups in total. The average Bonchev–Trinajstić information content (AvgIpc) is 4.04. The topological polar surface area (TPSA) is 51.6 Å². The van der Waals surface area contributed by atoms with Crippen LogP contribution in [0.4, 0.5) is 0 Å². The van der Waals surface area contributed by atoms with Crippen LogP contribution in [0.2, 0.25) is 0 Å².